The molecule has 0 N–H and O–H groups in total. The van der Waals surface area contributed by atoms with Gasteiger partial charge in [0.15, 0.2) is 0 Å². The Kier molecular flexibility index (Phi) is 5.85. The standard InChI is InChI=1S/C19H20FN5OS/c1-13-7-4-5-10-17(13)25-19(21-22-23-25)27-14(2)18(26)24(3)12-15-8-6-9-16(20)11-15/h4-11,14H,12H2,1-3H3/t14-/m0/s1. The van der Waals surface area contributed by atoms with Crippen molar-refractivity contribution in [3.8, 4) is 5.69 Å². The molecule has 0 radical (unpaired) electrons. The van der Waals surface area contributed by atoms with Gasteiger partial charge in [-0.25, -0.2) is 4.39 Å². The summed E-state index contributed by atoms with van der Waals surface area (Å²) < 4.78 is 15.0. The van der Waals surface area contributed by atoms with Crippen molar-refractivity contribution >= 4 is 17.7 Å². The smallest absolute Gasteiger partial charge is 0.235 e. The van der Waals surface area contributed by atoms with Crippen LogP contribution in [-0.4, -0.2) is 43.3 Å². The van der Waals surface area contributed by atoms with Crippen molar-refractivity contribution in [2.24, 2.45) is 0 Å². The molecule has 0 bridgehead atoms. The molecule has 1 atom stereocenters. The summed E-state index contributed by atoms with van der Waals surface area (Å²) in [6.45, 7) is 4.13. The Hall–Kier alpha value is -2.74. The van der Waals surface area contributed by atoms with Crippen molar-refractivity contribution in [3.63, 3.8) is 0 Å². The van der Waals surface area contributed by atoms with Gasteiger partial charge in [-0.05, 0) is 53.6 Å². The fraction of sp³-hybridized carbons (Fsp3) is 0.263. The van der Waals surface area contributed by atoms with E-state index in [0.717, 1.165) is 16.8 Å². The van der Waals surface area contributed by atoms with E-state index >= 15 is 0 Å². The lowest BCUT2D eigenvalue weighted by molar-refractivity contribution is -0.129. The van der Waals surface area contributed by atoms with Gasteiger partial charge < -0.3 is 4.90 Å². The average molecular weight is 385 g/mol. The quantitative estimate of drug-likeness (QED) is 0.610. The van der Waals surface area contributed by atoms with Crippen LogP contribution < -0.4 is 0 Å². The third-order valence-corrected chi connectivity index (χ3v) is 5.12. The van der Waals surface area contributed by atoms with E-state index < -0.39 is 5.25 Å². The van der Waals surface area contributed by atoms with Crippen LogP contribution in [0.15, 0.2) is 53.7 Å². The molecule has 27 heavy (non-hydrogen) atoms. The molecule has 0 spiro atoms. The van der Waals surface area contributed by atoms with Crippen molar-refractivity contribution in [2.75, 3.05) is 7.05 Å². The second kappa shape index (κ2) is 8.30. The number of hydrogen-bond acceptors (Lipinski definition) is 5. The van der Waals surface area contributed by atoms with E-state index in [9.17, 15) is 9.18 Å². The maximum absolute atomic E-state index is 13.3. The second-order valence-corrected chi connectivity index (χ2v) is 7.55. The SMILES string of the molecule is Cc1ccccc1-n1nnnc1S[C@@H](C)C(=O)N(C)Cc1cccc(F)c1. The van der Waals surface area contributed by atoms with Gasteiger partial charge in [0.25, 0.3) is 0 Å². The Morgan fingerprint density at radius 2 is 2.04 bits per heavy atom. The van der Waals surface area contributed by atoms with Gasteiger partial charge in [-0.2, -0.15) is 4.68 Å². The van der Waals surface area contributed by atoms with Gasteiger partial charge in [-0.3, -0.25) is 4.79 Å². The van der Waals surface area contributed by atoms with Crippen LogP contribution in [0.1, 0.15) is 18.1 Å². The Morgan fingerprint density at radius 1 is 1.26 bits per heavy atom. The third-order valence-electron chi connectivity index (χ3n) is 4.10. The van der Waals surface area contributed by atoms with E-state index in [0.29, 0.717) is 11.7 Å². The number of halogens is 1. The van der Waals surface area contributed by atoms with Gasteiger partial charge in [0.05, 0.1) is 10.9 Å². The number of rotatable bonds is 6. The lowest BCUT2D eigenvalue weighted by Gasteiger charge is -2.21. The molecule has 0 fully saturated rings. The van der Waals surface area contributed by atoms with Gasteiger partial charge in [0.1, 0.15) is 5.82 Å². The van der Waals surface area contributed by atoms with Crippen LogP contribution in [0, 0.1) is 12.7 Å². The van der Waals surface area contributed by atoms with Crippen molar-refractivity contribution in [2.45, 2.75) is 30.8 Å². The zero-order valence-corrected chi connectivity index (χ0v) is 16.2. The molecule has 0 saturated heterocycles. The van der Waals surface area contributed by atoms with E-state index in [2.05, 4.69) is 15.5 Å². The van der Waals surface area contributed by atoms with Crippen LogP contribution in [0.5, 0.6) is 0 Å². The summed E-state index contributed by atoms with van der Waals surface area (Å²) in [4.78, 5) is 14.3. The minimum Gasteiger partial charge on any atom is -0.340 e. The highest BCUT2D eigenvalue weighted by Crippen LogP contribution is 2.25. The molecule has 2 aromatic carbocycles. The number of carbonyl (C=O) groups excluding carboxylic acids is 1. The summed E-state index contributed by atoms with van der Waals surface area (Å²) in [6.07, 6.45) is 0. The highest BCUT2D eigenvalue weighted by atomic mass is 32.2. The van der Waals surface area contributed by atoms with Crippen molar-refractivity contribution in [3.05, 3.63) is 65.5 Å². The number of aromatic nitrogens is 4. The predicted molar refractivity (Wildman–Crippen MR) is 102 cm³/mol. The molecule has 0 unspecified atom stereocenters. The molecule has 140 valence electrons. The molecule has 0 aliphatic heterocycles. The first-order chi connectivity index (χ1) is 13.0. The minimum absolute atomic E-state index is 0.0800. The molecule has 0 aliphatic rings. The number of amides is 1. The van der Waals surface area contributed by atoms with Gasteiger partial charge in [-0.1, -0.05) is 42.1 Å². The van der Waals surface area contributed by atoms with Crippen LogP contribution in [0.25, 0.3) is 5.69 Å². The summed E-state index contributed by atoms with van der Waals surface area (Å²) >= 11 is 1.29. The number of para-hydroxylation sites is 1. The number of benzene rings is 2. The van der Waals surface area contributed by atoms with Gasteiger partial charge in [0, 0.05) is 13.6 Å². The fourth-order valence-electron chi connectivity index (χ4n) is 2.71. The van der Waals surface area contributed by atoms with Gasteiger partial charge >= 0.3 is 0 Å². The second-order valence-electron chi connectivity index (χ2n) is 6.24. The zero-order chi connectivity index (χ0) is 19.4. The molecule has 3 rings (SSSR count). The van der Waals surface area contributed by atoms with Crippen molar-refractivity contribution in [1.82, 2.24) is 25.1 Å². The topological polar surface area (TPSA) is 63.9 Å². The average Bonchev–Trinajstić information content (AvgIpc) is 3.09. The molecule has 8 heteroatoms. The van der Waals surface area contributed by atoms with Gasteiger partial charge in [-0.15, -0.1) is 5.10 Å². The van der Waals surface area contributed by atoms with Crippen molar-refractivity contribution < 1.29 is 9.18 Å². The monoisotopic (exact) mass is 385 g/mol. The van der Waals surface area contributed by atoms with E-state index in [-0.39, 0.29) is 11.7 Å². The Labute approximate surface area is 161 Å². The van der Waals surface area contributed by atoms with Crippen LogP contribution in [-0.2, 0) is 11.3 Å². The molecule has 1 amide bonds. The Morgan fingerprint density at radius 3 is 2.78 bits per heavy atom. The molecule has 0 saturated carbocycles. The van der Waals surface area contributed by atoms with E-state index in [1.54, 1.807) is 28.8 Å². The molecule has 0 aliphatic carbocycles. The maximum Gasteiger partial charge on any atom is 0.235 e. The van der Waals surface area contributed by atoms with Crippen molar-refractivity contribution in [1.29, 1.82) is 0 Å². The largest absolute Gasteiger partial charge is 0.340 e. The molecule has 1 heterocycles. The Bertz CT molecular complexity index is 945. The van der Waals surface area contributed by atoms with E-state index in [1.165, 1.54) is 23.9 Å². The highest BCUT2D eigenvalue weighted by Gasteiger charge is 2.22. The van der Waals surface area contributed by atoms with Crippen LogP contribution in [0.3, 0.4) is 0 Å². The third kappa shape index (κ3) is 4.51. The molecule has 6 nitrogen and oxygen atoms in total. The first kappa shape index (κ1) is 19.0. The van der Waals surface area contributed by atoms with Crippen LogP contribution in [0.4, 0.5) is 4.39 Å². The zero-order valence-electron chi connectivity index (χ0n) is 15.3. The van der Waals surface area contributed by atoms with Crippen LogP contribution >= 0.6 is 11.8 Å². The number of carbonyl (C=O) groups is 1. The normalized spacial score (nSPS) is 12.0. The number of thioether (sulfide) groups is 1. The summed E-state index contributed by atoms with van der Waals surface area (Å²) in [5.74, 6) is -0.392. The molecule has 1 aromatic heterocycles. The minimum atomic E-state index is -0.391. The van der Waals surface area contributed by atoms with Crippen LogP contribution in [0.2, 0.25) is 0 Å². The summed E-state index contributed by atoms with van der Waals surface area (Å²) in [6, 6.07) is 14.0. The number of aryl methyl sites for hydroxylation is 1. The fourth-order valence-corrected chi connectivity index (χ4v) is 3.63. The van der Waals surface area contributed by atoms with Gasteiger partial charge in [0.2, 0.25) is 11.1 Å². The summed E-state index contributed by atoms with van der Waals surface area (Å²) in [7, 11) is 1.70. The summed E-state index contributed by atoms with van der Waals surface area (Å²) in [5, 5.41) is 12.0. The van der Waals surface area contributed by atoms with E-state index in [4.69, 9.17) is 0 Å². The first-order valence-corrected chi connectivity index (χ1v) is 9.34. The molecular formula is C19H20FN5OS. The van der Waals surface area contributed by atoms with E-state index in [1.807, 2.05) is 38.1 Å². The first-order valence-electron chi connectivity index (χ1n) is 8.46. The Balaban J connectivity index is 1.70. The summed E-state index contributed by atoms with van der Waals surface area (Å²) in [5.41, 5.74) is 2.65. The predicted octanol–water partition coefficient (Wildman–Crippen LogP) is 3.25. The lowest BCUT2D eigenvalue weighted by Crippen LogP contribution is -2.33. The number of hydrogen-bond donors (Lipinski definition) is 0. The number of nitrogens with zero attached hydrogens (tertiary/aromatic N) is 5. The molecule has 3 aromatic rings. The lowest BCUT2D eigenvalue weighted by atomic mass is 10.2. The molecular weight excluding hydrogens is 365 g/mol. The number of tetrazole rings is 1. The highest BCUT2D eigenvalue weighted by molar-refractivity contribution is 8.00. The maximum atomic E-state index is 13.3.